The number of hydrogen-bond acceptors (Lipinski definition) is 2. The summed E-state index contributed by atoms with van der Waals surface area (Å²) in [6, 6.07) is 15.5. The first-order valence-corrected chi connectivity index (χ1v) is 8.63. The monoisotopic (exact) mass is 370 g/mol. The van der Waals surface area contributed by atoms with Crippen molar-refractivity contribution in [2.75, 3.05) is 5.32 Å². The third-order valence-electron chi connectivity index (χ3n) is 4.26. The zero-order valence-electron chi connectivity index (χ0n) is 13.2. The number of benzodiazepines with no additional fused rings is 1. The highest BCUT2D eigenvalue weighted by Crippen LogP contribution is 2.29. The molecule has 0 spiro atoms. The highest BCUT2D eigenvalue weighted by atomic mass is 79.9. The fraction of sp³-hybridized carbons (Fsp3) is 0.263. The lowest BCUT2D eigenvalue weighted by molar-refractivity contribution is -0.118. The molecular formula is C19H19BrN2O. The fourth-order valence-corrected chi connectivity index (χ4v) is 3.09. The normalized spacial score (nSPS) is 18.5. The number of halogens is 1. The molecule has 2 atom stereocenters. The second-order valence-electron chi connectivity index (χ2n) is 5.85. The minimum Gasteiger partial charge on any atom is -0.324 e. The number of hydrogen-bond donors (Lipinski definition) is 1. The second kappa shape index (κ2) is 6.67. The van der Waals surface area contributed by atoms with Crippen molar-refractivity contribution in [2.45, 2.75) is 26.3 Å². The number of benzene rings is 2. The first kappa shape index (κ1) is 15.9. The van der Waals surface area contributed by atoms with Gasteiger partial charge in [0.25, 0.3) is 0 Å². The van der Waals surface area contributed by atoms with Crippen LogP contribution in [0.25, 0.3) is 0 Å². The predicted octanol–water partition coefficient (Wildman–Crippen LogP) is 4.65. The van der Waals surface area contributed by atoms with Gasteiger partial charge in [-0.2, -0.15) is 0 Å². The third kappa shape index (κ3) is 3.22. The summed E-state index contributed by atoms with van der Waals surface area (Å²) < 4.78 is 0.969. The Kier molecular flexibility index (Phi) is 4.62. The van der Waals surface area contributed by atoms with Gasteiger partial charge in [0.15, 0.2) is 0 Å². The molecule has 3 nitrogen and oxygen atoms in total. The Balaban J connectivity index is 2.21. The van der Waals surface area contributed by atoms with E-state index in [0.717, 1.165) is 33.4 Å². The fourth-order valence-electron chi connectivity index (χ4n) is 2.73. The first-order valence-electron chi connectivity index (χ1n) is 7.84. The number of carbonyl (C=O) groups is 1. The van der Waals surface area contributed by atoms with Crippen LogP contribution < -0.4 is 5.32 Å². The van der Waals surface area contributed by atoms with E-state index in [1.54, 1.807) is 0 Å². The zero-order valence-corrected chi connectivity index (χ0v) is 14.8. The minimum atomic E-state index is -0.374. The summed E-state index contributed by atoms with van der Waals surface area (Å²) in [6.07, 6.45) is 0.906. The zero-order chi connectivity index (χ0) is 16.4. The summed E-state index contributed by atoms with van der Waals surface area (Å²) in [7, 11) is 0. The van der Waals surface area contributed by atoms with Crippen molar-refractivity contribution in [3.8, 4) is 0 Å². The lowest BCUT2D eigenvalue weighted by atomic mass is 9.98. The van der Waals surface area contributed by atoms with Gasteiger partial charge in [0.2, 0.25) is 5.91 Å². The standard InChI is InChI=1S/C19H19BrN2O/c1-3-12(2)17-19(23)21-16-10-9-14(20)11-15(16)18(22-17)13-7-5-4-6-8-13/h4-12,17H,3H2,1-2H3,(H,21,23)/t12-,17-/m0/s1. The van der Waals surface area contributed by atoms with Crippen LogP contribution in [0.15, 0.2) is 58.0 Å². The van der Waals surface area contributed by atoms with Gasteiger partial charge < -0.3 is 5.32 Å². The SMILES string of the molecule is CC[C@H](C)[C@@H]1N=C(c2ccccc2)c2cc(Br)ccc2NC1=O. The van der Waals surface area contributed by atoms with E-state index in [4.69, 9.17) is 4.99 Å². The Morgan fingerprint density at radius 1 is 1.22 bits per heavy atom. The van der Waals surface area contributed by atoms with Gasteiger partial charge in [-0.1, -0.05) is 66.5 Å². The van der Waals surface area contributed by atoms with E-state index in [9.17, 15) is 4.79 Å². The molecule has 1 N–H and O–H groups in total. The van der Waals surface area contributed by atoms with Crippen LogP contribution in [0, 0.1) is 5.92 Å². The molecule has 1 heterocycles. The van der Waals surface area contributed by atoms with Gasteiger partial charge in [0, 0.05) is 15.6 Å². The van der Waals surface area contributed by atoms with Gasteiger partial charge in [-0.15, -0.1) is 0 Å². The summed E-state index contributed by atoms with van der Waals surface area (Å²) in [5.74, 6) is 0.153. The van der Waals surface area contributed by atoms with Crippen LogP contribution in [0.2, 0.25) is 0 Å². The Bertz CT molecular complexity index is 755. The molecule has 3 rings (SSSR count). The van der Waals surface area contributed by atoms with E-state index < -0.39 is 0 Å². The van der Waals surface area contributed by atoms with Crippen LogP contribution in [0.3, 0.4) is 0 Å². The largest absolute Gasteiger partial charge is 0.324 e. The lowest BCUT2D eigenvalue weighted by Gasteiger charge is -2.17. The summed E-state index contributed by atoms with van der Waals surface area (Å²) in [5.41, 5.74) is 3.65. The summed E-state index contributed by atoms with van der Waals surface area (Å²) in [6.45, 7) is 4.16. The number of fused-ring (bicyclic) bond motifs is 1. The molecule has 118 valence electrons. The molecular weight excluding hydrogens is 352 g/mol. The number of amides is 1. The second-order valence-corrected chi connectivity index (χ2v) is 6.77. The van der Waals surface area contributed by atoms with E-state index in [-0.39, 0.29) is 17.9 Å². The number of anilines is 1. The molecule has 1 aliphatic rings. The molecule has 0 saturated heterocycles. The predicted molar refractivity (Wildman–Crippen MR) is 98.1 cm³/mol. The van der Waals surface area contributed by atoms with E-state index in [1.165, 1.54) is 0 Å². The summed E-state index contributed by atoms with van der Waals surface area (Å²) >= 11 is 3.52. The number of carbonyl (C=O) groups excluding carboxylic acids is 1. The Labute approximate surface area is 145 Å². The van der Waals surface area contributed by atoms with Crippen molar-refractivity contribution in [3.05, 3.63) is 64.1 Å². The van der Waals surface area contributed by atoms with Crippen LogP contribution in [0.1, 0.15) is 31.4 Å². The van der Waals surface area contributed by atoms with E-state index in [2.05, 4.69) is 35.1 Å². The Hall–Kier alpha value is -1.94. The van der Waals surface area contributed by atoms with Crippen molar-refractivity contribution in [3.63, 3.8) is 0 Å². The highest BCUT2D eigenvalue weighted by molar-refractivity contribution is 9.10. The molecule has 2 aromatic rings. The van der Waals surface area contributed by atoms with Gasteiger partial charge in [-0.25, -0.2) is 0 Å². The van der Waals surface area contributed by atoms with Crippen LogP contribution in [0.5, 0.6) is 0 Å². The van der Waals surface area contributed by atoms with Gasteiger partial charge in [0.05, 0.1) is 11.4 Å². The average molecular weight is 371 g/mol. The molecule has 0 aromatic heterocycles. The smallest absolute Gasteiger partial charge is 0.249 e. The van der Waals surface area contributed by atoms with Crippen LogP contribution in [-0.4, -0.2) is 17.7 Å². The quantitative estimate of drug-likeness (QED) is 0.838. The topological polar surface area (TPSA) is 41.5 Å². The van der Waals surface area contributed by atoms with Crippen LogP contribution >= 0.6 is 15.9 Å². The number of nitrogens with zero attached hydrogens (tertiary/aromatic N) is 1. The minimum absolute atomic E-state index is 0.0335. The van der Waals surface area contributed by atoms with E-state index in [0.29, 0.717) is 0 Å². The van der Waals surface area contributed by atoms with Crippen molar-refractivity contribution in [1.29, 1.82) is 0 Å². The molecule has 0 saturated carbocycles. The maximum Gasteiger partial charge on any atom is 0.249 e. The molecule has 0 fully saturated rings. The Morgan fingerprint density at radius 3 is 2.65 bits per heavy atom. The highest BCUT2D eigenvalue weighted by Gasteiger charge is 2.29. The molecule has 4 heteroatoms. The Morgan fingerprint density at radius 2 is 1.96 bits per heavy atom. The van der Waals surface area contributed by atoms with Crippen molar-refractivity contribution in [2.24, 2.45) is 10.9 Å². The maximum absolute atomic E-state index is 12.6. The molecule has 0 bridgehead atoms. The van der Waals surface area contributed by atoms with Crippen molar-refractivity contribution < 1.29 is 4.79 Å². The van der Waals surface area contributed by atoms with Crippen LogP contribution in [0.4, 0.5) is 5.69 Å². The van der Waals surface area contributed by atoms with E-state index >= 15 is 0 Å². The van der Waals surface area contributed by atoms with Crippen molar-refractivity contribution >= 4 is 33.2 Å². The first-order chi connectivity index (χ1) is 11.1. The maximum atomic E-state index is 12.6. The lowest BCUT2D eigenvalue weighted by Crippen LogP contribution is -2.31. The number of nitrogens with one attached hydrogen (secondary N) is 1. The molecule has 1 amide bonds. The van der Waals surface area contributed by atoms with Gasteiger partial charge in [0.1, 0.15) is 6.04 Å². The van der Waals surface area contributed by atoms with Crippen molar-refractivity contribution in [1.82, 2.24) is 0 Å². The molecule has 0 unspecified atom stereocenters. The average Bonchev–Trinajstić information content (AvgIpc) is 2.71. The molecule has 1 aliphatic heterocycles. The number of rotatable bonds is 3. The summed E-state index contributed by atoms with van der Waals surface area (Å²) in [5, 5.41) is 3.04. The number of aliphatic imine (C=N–C) groups is 1. The molecule has 23 heavy (non-hydrogen) atoms. The molecule has 2 aromatic carbocycles. The molecule has 0 aliphatic carbocycles. The van der Waals surface area contributed by atoms with Crippen LogP contribution in [-0.2, 0) is 4.79 Å². The summed E-state index contributed by atoms with van der Waals surface area (Å²) in [4.78, 5) is 17.5. The molecule has 0 radical (unpaired) electrons. The van der Waals surface area contributed by atoms with Gasteiger partial charge in [-0.3, -0.25) is 9.79 Å². The van der Waals surface area contributed by atoms with Gasteiger partial charge in [-0.05, 0) is 24.1 Å². The van der Waals surface area contributed by atoms with E-state index in [1.807, 2.05) is 48.5 Å². The third-order valence-corrected chi connectivity index (χ3v) is 4.75. The van der Waals surface area contributed by atoms with Gasteiger partial charge >= 0.3 is 0 Å².